The lowest BCUT2D eigenvalue weighted by Gasteiger charge is -2.18. The number of amides is 2. The minimum Gasteiger partial charge on any atom is -0.349 e. The Kier molecular flexibility index (Phi) is 6.30. The first-order valence-corrected chi connectivity index (χ1v) is 9.39. The molecule has 1 heterocycles. The number of carbonyl (C=O) groups is 3. The van der Waals surface area contributed by atoms with Crippen molar-refractivity contribution in [2.45, 2.75) is 41.5 Å². The number of aryl methyl sites for hydroxylation is 1. The minimum absolute atomic E-state index is 0.159. The second kappa shape index (κ2) is 8.19. The Morgan fingerprint density at radius 3 is 2.28 bits per heavy atom. The summed E-state index contributed by atoms with van der Waals surface area (Å²) in [5.74, 6) is -2.17. The van der Waals surface area contributed by atoms with Crippen molar-refractivity contribution in [1.29, 1.82) is 0 Å². The van der Waals surface area contributed by atoms with Crippen LogP contribution in [-0.2, 0) is 11.8 Å². The van der Waals surface area contributed by atoms with Gasteiger partial charge in [-0.3, -0.25) is 14.4 Å². The van der Waals surface area contributed by atoms with Crippen LogP contribution in [0.4, 0.5) is 10.1 Å². The number of nitrogens with zero attached hydrogens (tertiary/aromatic N) is 1. The summed E-state index contributed by atoms with van der Waals surface area (Å²) >= 11 is 0. The maximum Gasteiger partial charge on any atom is 0.294 e. The van der Waals surface area contributed by atoms with E-state index in [9.17, 15) is 18.8 Å². The number of benzene rings is 1. The molecular weight excluding hydrogens is 373 g/mol. The van der Waals surface area contributed by atoms with Gasteiger partial charge in [-0.25, -0.2) is 4.39 Å². The van der Waals surface area contributed by atoms with Crippen LogP contribution in [0.1, 0.15) is 58.4 Å². The second-order valence-corrected chi connectivity index (χ2v) is 8.48. The fourth-order valence-corrected chi connectivity index (χ4v) is 3.08. The number of Topliss-reactive ketones (excluding diaryl/α,β-unsaturated/α-hetero) is 1. The van der Waals surface area contributed by atoms with Crippen molar-refractivity contribution >= 4 is 23.3 Å². The van der Waals surface area contributed by atoms with E-state index in [1.165, 1.54) is 18.2 Å². The van der Waals surface area contributed by atoms with Gasteiger partial charge in [-0.1, -0.05) is 20.8 Å². The van der Waals surface area contributed by atoms with Gasteiger partial charge in [0, 0.05) is 25.0 Å². The molecule has 2 N–H and O–H groups in total. The molecule has 0 fully saturated rings. The SMILES string of the molecule is Cc1cc(NC(=O)c2c(C)c(C(=O)C(=O)NCC(C)(C)C)n(C)c2C)ccc1F. The topological polar surface area (TPSA) is 80.2 Å². The lowest BCUT2D eigenvalue weighted by molar-refractivity contribution is -0.117. The van der Waals surface area contributed by atoms with Gasteiger partial charge in [0.1, 0.15) is 5.82 Å². The van der Waals surface area contributed by atoms with Crippen molar-refractivity contribution in [3.63, 3.8) is 0 Å². The first kappa shape index (κ1) is 22.3. The van der Waals surface area contributed by atoms with E-state index >= 15 is 0 Å². The first-order chi connectivity index (χ1) is 13.3. The van der Waals surface area contributed by atoms with Crippen LogP contribution in [-0.4, -0.2) is 28.7 Å². The predicted molar refractivity (Wildman–Crippen MR) is 111 cm³/mol. The third kappa shape index (κ3) is 4.91. The molecule has 1 aromatic carbocycles. The van der Waals surface area contributed by atoms with E-state index in [4.69, 9.17) is 0 Å². The molecule has 0 saturated carbocycles. The van der Waals surface area contributed by atoms with Crippen LogP contribution < -0.4 is 10.6 Å². The molecule has 156 valence electrons. The van der Waals surface area contributed by atoms with E-state index in [0.29, 0.717) is 34.6 Å². The summed E-state index contributed by atoms with van der Waals surface area (Å²) in [6.07, 6.45) is 0. The van der Waals surface area contributed by atoms with E-state index in [1.807, 2.05) is 20.8 Å². The molecule has 6 nitrogen and oxygen atoms in total. The molecule has 0 aliphatic heterocycles. The van der Waals surface area contributed by atoms with Crippen LogP contribution in [0.25, 0.3) is 0 Å². The van der Waals surface area contributed by atoms with Gasteiger partial charge in [0.25, 0.3) is 17.6 Å². The van der Waals surface area contributed by atoms with Crippen LogP contribution in [0.5, 0.6) is 0 Å². The van der Waals surface area contributed by atoms with Crippen LogP contribution >= 0.6 is 0 Å². The number of hydrogen-bond donors (Lipinski definition) is 2. The van der Waals surface area contributed by atoms with E-state index in [1.54, 1.807) is 32.4 Å². The summed E-state index contributed by atoms with van der Waals surface area (Å²) in [6, 6.07) is 4.29. The van der Waals surface area contributed by atoms with Gasteiger partial charge in [0.2, 0.25) is 0 Å². The fourth-order valence-electron chi connectivity index (χ4n) is 3.08. The zero-order valence-corrected chi connectivity index (χ0v) is 18.0. The van der Waals surface area contributed by atoms with E-state index < -0.39 is 17.6 Å². The molecule has 0 bridgehead atoms. The van der Waals surface area contributed by atoms with Crippen molar-refractivity contribution in [2.75, 3.05) is 11.9 Å². The zero-order valence-electron chi connectivity index (χ0n) is 18.0. The number of ketones is 1. The second-order valence-electron chi connectivity index (χ2n) is 8.48. The fraction of sp³-hybridized carbons (Fsp3) is 0.409. The maximum atomic E-state index is 13.5. The van der Waals surface area contributed by atoms with E-state index in [2.05, 4.69) is 10.6 Å². The van der Waals surface area contributed by atoms with Gasteiger partial charge in [0.15, 0.2) is 0 Å². The Balaban J connectivity index is 2.31. The number of anilines is 1. The quantitative estimate of drug-likeness (QED) is 0.592. The summed E-state index contributed by atoms with van der Waals surface area (Å²) < 4.78 is 15.0. The van der Waals surface area contributed by atoms with Gasteiger partial charge >= 0.3 is 0 Å². The Hall–Kier alpha value is -2.96. The normalized spacial score (nSPS) is 11.3. The van der Waals surface area contributed by atoms with Gasteiger partial charge < -0.3 is 15.2 Å². The zero-order chi connectivity index (χ0) is 22.1. The van der Waals surface area contributed by atoms with Crippen LogP contribution in [0.3, 0.4) is 0 Å². The van der Waals surface area contributed by atoms with E-state index in [0.717, 1.165) is 0 Å². The molecule has 1 aromatic heterocycles. The highest BCUT2D eigenvalue weighted by atomic mass is 19.1. The van der Waals surface area contributed by atoms with E-state index in [-0.39, 0.29) is 16.9 Å². The molecule has 0 saturated heterocycles. The Morgan fingerprint density at radius 1 is 1.10 bits per heavy atom. The van der Waals surface area contributed by atoms with Gasteiger partial charge in [0.05, 0.1) is 11.3 Å². The number of hydrogen-bond acceptors (Lipinski definition) is 3. The molecule has 0 atom stereocenters. The Morgan fingerprint density at radius 2 is 1.72 bits per heavy atom. The smallest absolute Gasteiger partial charge is 0.294 e. The largest absolute Gasteiger partial charge is 0.349 e. The lowest BCUT2D eigenvalue weighted by Crippen LogP contribution is -2.37. The van der Waals surface area contributed by atoms with Crippen molar-refractivity contribution in [3.8, 4) is 0 Å². The van der Waals surface area contributed by atoms with Crippen molar-refractivity contribution in [2.24, 2.45) is 12.5 Å². The lowest BCUT2D eigenvalue weighted by atomic mass is 9.97. The summed E-state index contributed by atoms with van der Waals surface area (Å²) in [7, 11) is 1.64. The van der Waals surface area contributed by atoms with Crippen molar-refractivity contribution in [3.05, 3.63) is 52.1 Å². The van der Waals surface area contributed by atoms with Gasteiger partial charge in [-0.05, 0) is 55.5 Å². The molecule has 0 aliphatic rings. The molecule has 2 amide bonds. The Bertz CT molecular complexity index is 984. The number of aromatic nitrogens is 1. The molecule has 7 heteroatoms. The molecule has 0 unspecified atom stereocenters. The standard InChI is InChI=1S/C22H28FN3O3/c1-12-10-15(8-9-16(12)23)25-20(28)17-13(2)18(26(7)14(17)3)19(27)21(29)24-11-22(4,5)6/h8-10H,11H2,1-7H3,(H,24,29)(H,25,28). The number of halogens is 1. The molecule has 0 radical (unpaired) electrons. The Labute approximate surface area is 170 Å². The minimum atomic E-state index is -0.704. The molecule has 29 heavy (non-hydrogen) atoms. The molecule has 2 aromatic rings. The summed E-state index contributed by atoms with van der Waals surface area (Å²) in [5, 5.41) is 5.38. The monoisotopic (exact) mass is 401 g/mol. The van der Waals surface area contributed by atoms with Crippen LogP contribution in [0.2, 0.25) is 0 Å². The van der Waals surface area contributed by atoms with Gasteiger partial charge in [-0.15, -0.1) is 0 Å². The van der Waals surface area contributed by atoms with Crippen LogP contribution in [0, 0.1) is 32.0 Å². The molecule has 2 rings (SSSR count). The molecular formula is C22H28FN3O3. The average Bonchev–Trinajstić information content (AvgIpc) is 2.84. The van der Waals surface area contributed by atoms with Crippen molar-refractivity contribution in [1.82, 2.24) is 9.88 Å². The number of rotatable bonds is 5. The summed E-state index contributed by atoms with van der Waals surface area (Å²) in [6.45, 7) is 11.2. The van der Waals surface area contributed by atoms with Crippen molar-refractivity contribution < 1.29 is 18.8 Å². The summed E-state index contributed by atoms with van der Waals surface area (Å²) in [4.78, 5) is 37.9. The van der Waals surface area contributed by atoms with Gasteiger partial charge in [-0.2, -0.15) is 0 Å². The average molecular weight is 401 g/mol. The molecule has 0 aliphatic carbocycles. The third-order valence-electron chi connectivity index (χ3n) is 4.77. The number of nitrogens with one attached hydrogen (secondary N) is 2. The number of carbonyl (C=O) groups excluding carboxylic acids is 3. The maximum absolute atomic E-state index is 13.5. The molecule has 0 spiro atoms. The highest BCUT2D eigenvalue weighted by molar-refractivity contribution is 6.43. The predicted octanol–water partition coefficient (Wildman–Crippen LogP) is 3.69. The third-order valence-corrected chi connectivity index (χ3v) is 4.77. The first-order valence-electron chi connectivity index (χ1n) is 9.39. The summed E-state index contributed by atoms with van der Waals surface area (Å²) in [5.41, 5.74) is 2.19. The highest BCUT2D eigenvalue weighted by Gasteiger charge is 2.29. The highest BCUT2D eigenvalue weighted by Crippen LogP contribution is 2.24. The van der Waals surface area contributed by atoms with Crippen LogP contribution in [0.15, 0.2) is 18.2 Å².